The first-order chi connectivity index (χ1) is 21.7. The van der Waals surface area contributed by atoms with Crippen molar-refractivity contribution >= 4 is 17.2 Å². The summed E-state index contributed by atoms with van der Waals surface area (Å²) in [6.07, 6.45) is 1.17. The number of rotatable bonds is 17. The van der Waals surface area contributed by atoms with Crippen LogP contribution in [-0.2, 0) is 32.6 Å². The molecule has 242 valence electrons. The van der Waals surface area contributed by atoms with Crippen molar-refractivity contribution in [3.8, 4) is 23.1 Å². The Kier molecular flexibility index (Phi) is 12.2. The summed E-state index contributed by atoms with van der Waals surface area (Å²) in [4.78, 5) is 32.0. The summed E-state index contributed by atoms with van der Waals surface area (Å²) >= 11 is 0. The number of nitrogens with zero attached hydrogens (tertiary/aromatic N) is 4. The molecule has 14 nitrogen and oxygen atoms in total. The van der Waals surface area contributed by atoms with Crippen LogP contribution in [0.5, 0.6) is 11.5 Å². The van der Waals surface area contributed by atoms with Gasteiger partial charge in [0.25, 0.3) is 5.56 Å². The molecule has 0 spiro atoms. The van der Waals surface area contributed by atoms with Crippen LogP contribution >= 0.6 is 0 Å². The second-order valence-electron chi connectivity index (χ2n) is 10.7. The Morgan fingerprint density at radius 2 is 1.60 bits per heavy atom. The standard InChI is InChI=1S/C31H39N5O9/c1-31(2,3)45-30(38)32-11-12-39-13-14-40-15-16-41-17-18-42-24-6-5-22(33-20-24)21-43-23-7-9-27-26(19-23)34-29(44-27)25-8-10-28(37)36(4)35-25/h5-10,19-20H,11-18,21H2,1-4H3,(H,32,38). The molecule has 0 atom stereocenters. The largest absolute Gasteiger partial charge is 0.490 e. The first-order valence-corrected chi connectivity index (χ1v) is 14.5. The smallest absolute Gasteiger partial charge is 0.407 e. The summed E-state index contributed by atoms with van der Waals surface area (Å²) in [6, 6.07) is 12.0. The molecule has 4 aromatic rings. The minimum atomic E-state index is -0.523. The second-order valence-corrected chi connectivity index (χ2v) is 10.7. The van der Waals surface area contributed by atoms with Gasteiger partial charge in [-0.1, -0.05) is 0 Å². The predicted octanol–water partition coefficient (Wildman–Crippen LogP) is 3.52. The summed E-state index contributed by atoms with van der Waals surface area (Å²) in [7, 11) is 1.57. The number of ether oxygens (including phenoxy) is 6. The maximum Gasteiger partial charge on any atom is 0.407 e. The second kappa shape index (κ2) is 16.5. The van der Waals surface area contributed by atoms with Gasteiger partial charge in [-0.25, -0.2) is 14.5 Å². The first kappa shape index (κ1) is 33.4. The molecule has 0 aliphatic rings. The number of amides is 1. The molecular formula is C31H39N5O9. The third-order valence-electron chi connectivity index (χ3n) is 5.88. The zero-order chi connectivity index (χ0) is 32.1. The van der Waals surface area contributed by atoms with Crippen molar-refractivity contribution in [2.24, 2.45) is 7.05 Å². The molecule has 3 heterocycles. The number of carbonyl (C=O) groups excluding carboxylic acids is 1. The van der Waals surface area contributed by atoms with Crippen LogP contribution in [0.15, 0.2) is 57.9 Å². The first-order valence-electron chi connectivity index (χ1n) is 14.5. The van der Waals surface area contributed by atoms with E-state index in [1.54, 1.807) is 37.5 Å². The molecule has 0 saturated heterocycles. The number of fused-ring (bicyclic) bond motifs is 1. The van der Waals surface area contributed by atoms with E-state index < -0.39 is 11.7 Å². The number of aryl methyl sites for hydroxylation is 1. The van der Waals surface area contributed by atoms with Crippen LogP contribution in [0.2, 0.25) is 0 Å². The molecule has 0 aliphatic heterocycles. The van der Waals surface area contributed by atoms with Gasteiger partial charge in [-0.3, -0.25) is 9.78 Å². The van der Waals surface area contributed by atoms with Crippen LogP contribution < -0.4 is 20.3 Å². The normalized spacial score (nSPS) is 11.5. The quantitative estimate of drug-likeness (QED) is 0.171. The summed E-state index contributed by atoms with van der Waals surface area (Å²) in [5, 5.41) is 6.80. The highest BCUT2D eigenvalue weighted by Gasteiger charge is 2.15. The summed E-state index contributed by atoms with van der Waals surface area (Å²) in [6.45, 7) is 8.94. The van der Waals surface area contributed by atoms with Crippen LogP contribution in [0, 0.1) is 0 Å². The van der Waals surface area contributed by atoms with Gasteiger partial charge in [0.1, 0.15) is 41.5 Å². The Balaban J connectivity index is 1.04. The van der Waals surface area contributed by atoms with E-state index in [0.717, 1.165) is 5.69 Å². The van der Waals surface area contributed by atoms with Crippen molar-refractivity contribution in [1.29, 1.82) is 0 Å². The zero-order valence-electron chi connectivity index (χ0n) is 25.9. The predicted molar refractivity (Wildman–Crippen MR) is 163 cm³/mol. The molecule has 1 aromatic carbocycles. The number of nitrogens with one attached hydrogen (secondary N) is 1. The van der Waals surface area contributed by atoms with Gasteiger partial charge in [-0.05, 0) is 51.1 Å². The number of hydrogen-bond acceptors (Lipinski definition) is 12. The number of aromatic nitrogens is 4. The molecule has 4 rings (SSSR count). The highest BCUT2D eigenvalue weighted by atomic mass is 16.6. The molecule has 0 aliphatic carbocycles. The maximum absolute atomic E-state index is 11.6. The van der Waals surface area contributed by atoms with Crippen molar-refractivity contribution in [2.75, 3.05) is 52.8 Å². The number of oxazole rings is 1. The van der Waals surface area contributed by atoms with Gasteiger partial charge in [0.15, 0.2) is 5.58 Å². The van der Waals surface area contributed by atoms with Crippen molar-refractivity contribution < 1.29 is 37.6 Å². The average Bonchev–Trinajstić information content (AvgIpc) is 3.43. The zero-order valence-corrected chi connectivity index (χ0v) is 25.9. The molecule has 14 heteroatoms. The van der Waals surface area contributed by atoms with E-state index in [4.69, 9.17) is 32.8 Å². The van der Waals surface area contributed by atoms with E-state index >= 15 is 0 Å². The summed E-state index contributed by atoms with van der Waals surface area (Å²) in [5.41, 5.74) is 1.65. The molecule has 45 heavy (non-hydrogen) atoms. The van der Waals surface area contributed by atoms with Crippen molar-refractivity contribution in [3.05, 3.63) is 64.7 Å². The maximum atomic E-state index is 11.6. The lowest BCUT2D eigenvalue weighted by atomic mass is 10.2. The van der Waals surface area contributed by atoms with Gasteiger partial charge in [0.2, 0.25) is 5.89 Å². The Bertz CT molecular complexity index is 1560. The molecule has 0 unspecified atom stereocenters. The molecule has 1 amide bonds. The molecule has 0 saturated carbocycles. The highest BCUT2D eigenvalue weighted by molar-refractivity contribution is 5.77. The fourth-order valence-corrected chi connectivity index (χ4v) is 3.76. The number of hydrogen-bond donors (Lipinski definition) is 1. The molecule has 3 aromatic heterocycles. The van der Waals surface area contributed by atoms with E-state index in [1.807, 2.05) is 32.9 Å². The Labute approximate surface area is 260 Å². The third-order valence-corrected chi connectivity index (χ3v) is 5.88. The Hall–Kier alpha value is -4.53. The van der Waals surface area contributed by atoms with Crippen LogP contribution in [0.1, 0.15) is 26.5 Å². The fraction of sp³-hybridized carbons (Fsp3) is 0.452. The van der Waals surface area contributed by atoms with Gasteiger partial charge in [0, 0.05) is 25.7 Å². The number of benzene rings is 1. The molecule has 1 N–H and O–H groups in total. The summed E-state index contributed by atoms with van der Waals surface area (Å²) < 4.78 is 40.1. The van der Waals surface area contributed by atoms with Crippen molar-refractivity contribution in [1.82, 2.24) is 25.1 Å². The monoisotopic (exact) mass is 625 g/mol. The van der Waals surface area contributed by atoms with Crippen LogP contribution in [0.25, 0.3) is 22.7 Å². The van der Waals surface area contributed by atoms with E-state index in [0.29, 0.717) is 87.0 Å². The van der Waals surface area contributed by atoms with Crippen molar-refractivity contribution in [2.45, 2.75) is 33.0 Å². The Morgan fingerprint density at radius 1 is 0.889 bits per heavy atom. The minimum Gasteiger partial charge on any atom is -0.490 e. The van der Waals surface area contributed by atoms with E-state index in [-0.39, 0.29) is 12.2 Å². The van der Waals surface area contributed by atoms with Crippen LogP contribution in [-0.4, -0.2) is 84.2 Å². The number of alkyl carbamates (subject to hydrolysis) is 1. The average molecular weight is 626 g/mol. The lowest BCUT2D eigenvalue weighted by Gasteiger charge is -2.19. The lowest BCUT2D eigenvalue weighted by Crippen LogP contribution is -2.34. The Morgan fingerprint density at radius 3 is 2.29 bits per heavy atom. The third kappa shape index (κ3) is 11.5. The minimum absolute atomic E-state index is 0.214. The topological polar surface area (TPSA) is 158 Å². The molecular weight excluding hydrogens is 586 g/mol. The van der Waals surface area contributed by atoms with Gasteiger partial charge in [-0.15, -0.1) is 0 Å². The highest BCUT2D eigenvalue weighted by Crippen LogP contribution is 2.26. The van der Waals surface area contributed by atoms with Gasteiger partial charge >= 0.3 is 6.09 Å². The molecule has 0 radical (unpaired) electrons. The molecule has 0 bridgehead atoms. The van der Waals surface area contributed by atoms with Gasteiger partial charge in [0.05, 0.1) is 51.5 Å². The van der Waals surface area contributed by atoms with E-state index in [1.165, 1.54) is 10.7 Å². The fourth-order valence-electron chi connectivity index (χ4n) is 3.76. The van der Waals surface area contributed by atoms with Crippen LogP contribution in [0.3, 0.4) is 0 Å². The van der Waals surface area contributed by atoms with Gasteiger partial charge < -0.3 is 38.2 Å². The van der Waals surface area contributed by atoms with Gasteiger partial charge in [-0.2, -0.15) is 5.10 Å². The van der Waals surface area contributed by atoms with E-state index in [2.05, 4.69) is 20.4 Å². The number of carbonyl (C=O) groups is 1. The van der Waals surface area contributed by atoms with Crippen molar-refractivity contribution in [3.63, 3.8) is 0 Å². The van der Waals surface area contributed by atoms with Crippen LogP contribution in [0.4, 0.5) is 4.79 Å². The number of pyridine rings is 1. The lowest BCUT2D eigenvalue weighted by molar-refractivity contribution is 0.00902. The summed E-state index contributed by atoms with van der Waals surface area (Å²) in [5.74, 6) is 1.55. The molecule has 0 fully saturated rings. The SMILES string of the molecule is Cn1nc(-c2nc3cc(OCc4ccc(OCCOCCOCCOCCNC(=O)OC(C)(C)C)cn4)ccc3o2)ccc1=O. The van der Waals surface area contributed by atoms with E-state index in [9.17, 15) is 9.59 Å².